The SMILES string of the molecule is CCOC(=O)c1[nH]c2ccc(CC(=O)[C@@H]3[C@H](C4CCCCC4)CCN3C(=O)OC(C)(C)C)cc2c1C. The fourth-order valence-electron chi connectivity index (χ4n) is 6.01. The lowest BCUT2D eigenvalue weighted by Gasteiger charge is -2.34. The highest BCUT2D eigenvalue weighted by molar-refractivity contribution is 5.99. The Hall–Kier alpha value is -2.83. The molecule has 0 spiro atoms. The van der Waals surface area contributed by atoms with Crippen LogP contribution in [0.5, 0.6) is 0 Å². The van der Waals surface area contributed by atoms with E-state index in [4.69, 9.17) is 9.47 Å². The van der Waals surface area contributed by atoms with E-state index in [-0.39, 0.29) is 24.1 Å². The van der Waals surface area contributed by atoms with Crippen LogP contribution >= 0.6 is 0 Å². The Labute approximate surface area is 213 Å². The van der Waals surface area contributed by atoms with Crippen LogP contribution in [0.15, 0.2) is 18.2 Å². The van der Waals surface area contributed by atoms with Gasteiger partial charge in [0.2, 0.25) is 0 Å². The zero-order valence-electron chi connectivity index (χ0n) is 22.3. The second kappa shape index (κ2) is 10.7. The summed E-state index contributed by atoms with van der Waals surface area (Å²) < 4.78 is 10.9. The monoisotopic (exact) mass is 496 g/mol. The molecular formula is C29H40N2O5. The zero-order chi connectivity index (χ0) is 26.0. The number of ether oxygens (including phenoxy) is 2. The number of nitrogens with zero attached hydrogens (tertiary/aromatic N) is 1. The number of hydrogen-bond acceptors (Lipinski definition) is 5. The quantitative estimate of drug-likeness (QED) is 0.498. The maximum atomic E-state index is 13.8. The van der Waals surface area contributed by atoms with Crippen molar-refractivity contribution in [2.75, 3.05) is 13.2 Å². The molecule has 1 aromatic heterocycles. The second-order valence-electron chi connectivity index (χ2n) is 11.3. The van der Waals surface area contributed by atoms with Crippen LogP contribution in [0.1, 0.15) is 87.8 Å². The summed E-state index contributed by atoms with van der Waals surface area (Å²) >= 11 is 0. The molecule has 1 N–H and O–H groups in total. The van der Waals surface area contributed by atoms with E-state index in [2.05, 4.69) is 4.98 Å². The minimum absolute atomic E-state index is 0.0621. The molecule has 0 radical (unpaired) electrons. The summed E-state index contributed by atoms with van der Waals surface area (Å²) in [4.78, 5) is 44.1. The molecule has 2 aromatic rings. The first-order valence-corrected chi connectivity index (χ1v) is 13.4. The number of carbonyl (C=O) groups excluding carboxylic acids is 3. The predicted octanol–water partition coefficient (Wildman–Crippen LogP) is 5.97. The fraction of sp³-hybridized carbons (Fsp3) is 0.621. The number of nitrogens with one attached hydrogen (secondary N) is 1. The van der Waals surface area contributed by atoms with Gasteiger partial charge in [-0.15, -0.1) is 0 Å². The van der Waals surface area contributed by atoms with Gasteiger partial charge in [0.1, 0.15) is 11.3 Å². The smallest absolute Gasteiger partial charge is 0.410 e. The van der Waals surface area contributed by atoms with Gasteiger partial charge >= 0.3 is 12.1 Å². The molecule has 2 atom stereocenters. The zero-order valence-corrected chi connectivity index (χ0v) is 22.3. The number of Topliss-reactive ketones (excluding diaryl/α,β-unsaturated/α-hetero) is 1. The van der Waals surface area contributed by atoms with Crippen LogP contribution in [0, 0.1) is 18.8 Å². The number of esters is 1. The number of rotatable bonds is 6. The lowest BCUT2D eigenvalue weighted by Crippen LogP contribution is -2.47. The average Bonchev–Trinajstić information content (AvgIpc) is 3.41. The number of aromatic amines is 1. The summed E-state index contributed by atoms with van der Waals surface area (Å²) in [5, 5.41) is 0.905. The van der Waals surface area contributed by atoms with Crippen LogP contribution in [0.25, 0.3) is 10.9 Å². The third-order valence-electron chi connectivity index (χ3n) is 7.64. The molecule has 1 saturated carbocycles. The van der Waals surface area contributed by atoms with Crippen LogP contribution < -0.4 is 0 Å². The van der Waals surface area contributed by atoms with E-state index in [0.717, 1.165) is 41.3 Å². The molecule has 1 saturated heterocycles. The predicted molar refractivity (Wildman–Crippen MR) is 139 cm³/mol. The van der Waals surface area contributed by atoms with Crippen LogP contribution in [-0.4, -0.2) is 52.5 Å². The molecule has 1 aliphatic carbocycles. The Balaban J connectivity index is 1.59. The second-order valence-corrected chi connectivity index (χ2v) is 11.3. The van der Waals surface area contributed by atoms with E-state index in [1.807, 2.05) is 45.9 Å². The summed E-state index contributed by atoms with van der Waals surface area (Å²) in [5.74, 6) is 0.338. The van der Waals surface area contributed by atoms with Crippen LogP contribution in [0.4, 0.5) is 4.79 Å². The Morgan fingerprint density at radius 2 is 1.81 bits per heavy atom. The Kier molecular flexibility index (Phi) is 7.76. The maximum absolute atomic E-state index is 13.8. The van der Waals surface area contributed by atoms with E-state index >= 15 is 0 Å². The number of amides is 1. The number of benzene rings is 1. The van der Waals surface area contributed by atoms with Crippen molar-refractivity contribution in [1.29, 1.82) is 0 Å². The highest BCUT2D eigenvalue weighted by atomic mass is 16.6. The number of carbonyl (C=O) groups is 3. The average molecular weight is 497 g/mol. The van der Waals surface area contributed by atoms with E-state index < -0.39 is 17.7 Å². The van der Waals surface area contributed by atoms with Gasteiger partial charge < -0.3 is 14.5 Å². The van der Waals surface area contributed by atoms with E-state index in [9.17, 15) is 14.4 Å². The van der Waals surface area contributed by atoms with Crippen molar-refractivity contribution >= 4 is 28.7 Å². The minimum Gasteiger partial charge on any atom is -0.461 e. The maximum Gasteiger partial charge on any atom is 0.410 e. The Morgan fingerprint density at radius 1 is 1.08 bits per heavy atom. The van der Waals surface area contributed by atoms with Crippen molar-refractivity contribution in [3.63, 3.8) is 0 Å². The normalized spacial score (nSPS) is 21.1. The van der Waals surface area contributed by atoms with E-state index in [1.54, 1.807) is 11.8 Å². The third kappa shape index (κ3) is 5.60. The molecule has 2 fully saturated rings. The van der Waals surface area contributed by atoms with Gasteiger partial charge in [-0.1, -0.05) is 38.2 Å². The van der Waals surface area contributed by atoms with Crippen molar-refractivity contribution < 1.29 is 23.9 Å². The minimum atomic E-state index is -0.610. The Morgan fingerprint density at radius 3 is 2.47 bits per heavy atom. The Bertz CT molecular complexity index is 1120. The van der Waals surface area contributed by atoms with Crippen LogP contribution in [0.3, 0.4) is 0 Å². The van der Waals surface area contributed by atoms with Gasteiger partial charge in [0.25, 0.3) is 0 Å². The first-order valence-electron chi connectivity index (χ1n) is 13.4. The largest absolute Gasteiger partial charge is 0.461 e. The molecule has 7 heteroatoms. The molecule has 0 unspecified atom stereocenters. The van der Waals surface area contributed by atoms with Gasteiger partial charge in [0.15, 0.2) is 5.78 Å². The van der Waals surface area contributed by atoms with Gasteiger partial charge in [0.05, 0.1) is 12.6 Å². The summed E-state index contributed by atoms with van der Waals surface area (Å²) in [5.41, 5.74) is 2.36. The molecule has 2 aliphatic rings. The lowest BCUT2D eigenvalue weighted by molar-refractivity contribution is -0.124. The van der Waals surface area contributed by atoms with Crippen LogP contribution in [-0.2, 0) is 20.7 Å². The number of aromatic nitrogens is 1. The molecular weight excluding hydrogens is 456 g/mol. The molecule has 1 aromatic carbocycles. The summed E-state index contributed by atoms with van der Waals surface area (Å²) in [6.45, 7) is 10.1. The molecule has 0 bridgehead atoms. The van der Waals surface area contributed by atoms with Gasteiger partial charge in [-0.05, 0) is 76.1 Å². The molecule has 196 valence electrons. The highest BCUT2D eigenvalue weighted by Gasteiger charge is 2.46. The summed E-state index contributed by atoms with van der Waals surface area (Å²) in [6, 6.07) is 5.35. The molecule has 2 heterocycles. The van der Waals surface area contributed by atoms with Crippen molar-refractivity contribution in [2.24, 2.45) is 11.8 Å². The molecule has 1 amide bonds. The topological polar surface area (TPSA) is 88.7 Å². The molecule has 1 aliphatic heterocycles. The lowest BCUT2D eigenvalue weighted by atomic mass is 9.75. The number of fused-ring (bicyclic) bond motifs is 1. The van der Waals surface area contributed by atoms with E-state index in [1.165, 1.54) is 19.3 Å². The van der Waals surface area contributed by atoms with Gasteiger partial charge in [-0.3, -0.25) is 9.69 Å². The number of H-pyrrole nitrogens is 1. The first kappa shape index (κ1) is 26.2. The molecule has 36 heavy (non-hydrogen) atoms. The van der Waals surface area contributed by atoms with Gasteiger partial charge in [0, 0.05) is 23.9 Å². The highest BCUT2D eigenvalue weighted by Crippen LogP contribution is 2.40. The molecule has 7 nitrogen and oxygen atoms in total. The van der Waals surface area contributed by atoms with Gasteiger partial charge in [-0.25, -0.2) is 9.59 Å². The molecule has 4 rings (SSSR count). The third-order valence-corrected chi connectivity index (χ3v) is 7.64. The van der Waals surface area contributed by atoms with Crippen LogP contribution in [0.2, 0.25) is 0 Å². The number of ketones is 1. The van der Waals surface area contributed by atoms with Crippen molar-refractivity contribution in [1.82, 2.24) is 9.88 Å². The number of aryl methyl sites for hydroxylation is 1. The van der Waals surface area contributed by atoms with Crippen molar-refractivity contribution in [2.45, 2.75) is 91.2 Å². The van der Waals surface area contributed by atoms with E-state index in [0.29, 0.717) is 24.8 Å². The van der Waals surface area contributed by atoms with Gasteiger partial charge in [-0.2, -0.15) is 0 Å². The fourth-order valence-corrected chi connectivity index (χ4v) is 6.01. The number of likely N-dealkylation sites (tertiary alicyclic amines) is 1. The number of hydrogen-bond donors (Lipinski definition) is 1. The standard InChI is InChI=1S/C29H40N2O5/c1-6-35-27(33)25-18(2)22-16-19(12-13-23(22)30-25)17-24(32)26-21(20-10-8-7-9-11-20)14-15-31(26)28(34)36-29(3,4)5/h12-13,16,20-21,26,30H,6-11,14-15,17H2,1-5H3/t21-,26-/m0/s1. The van der Waals surface area contributed by atoms with Crippen molar-refractivity contribution in [3.8, 4) is 0 Å². The summed E-state index contributed by atoms with van der Waals surface area (Å²) in [7, 11) is 0. The first-order chi connectivity index (χ1) is 17.1. The van der Waals surface area contributed by atoms with Crippen molar-refractivity contribution in [3.05, 3.63) is 35.0 Å². The summed E-state index contributed by atoms with van der Waals surface area (Å²) in [6.07, 6.45) is 6.59.